The standard InChI is InChI=1S/C11H10N4O4/c1-2-9-12-5-6-14(9)10-8(15(18)19)4-3-7(13-10)11(16)17/h3-6H,2H2,1H3,(H,16,17). The number of rotatable bonds is 4. The first-order valence-corrected chi connectivity index (χ1v) is 5.46. The zero-order chi connectivity index (χ0) is 14.0. The molecule has 19 heavy (non-hydrogen) atoms. The maximum atomic E-state index is 11.0. The molecule has 0 saturated carbocycles. The monoisotopic (exact) mass is 262 g/mol. The van der Waals surface area contributed by atoms with Gasteiger partial charge < -0.3 is 5.11 Å². The lowest BCUT2D eigenvalue weighted by Crippen LogP contribution is -2.09. The van der Waals surface area contributed by atoms with Crippen LogP contribution in [0.1, 0.15) is 23.2 Å². The third-order valence-corrected chi connectivity index (χ3v) is 2.53. The van der Waals surface area contributed by atoms with Crippen LogP contribution in [-0.4, -0.2) is 30.5 Å². The minimum Gasteiger partial charge on any atom is -0.477 e. The summed E-state index contributed by atoms with van der Waals surface area (Å²) in [6.07, 6.45) is 3.54. The number of carbonyl (C=O) groups is 1. The fourth-order valence-electron chi connectivity index (χ4n) is 1.67. The van der Waals surface area contributed by atoms with Gasteiger partial charge in [-0.1, -0.05) is 6.92 Å². The van der Waals surface area contributed by atoms with Crippen molar-refractivity contribution < 1.29 is 14.8 Å². The van der Waals surface area contributed by atoms with Crippen LogP contribution < -0.4 is 0 Å². The van der Waals surface area contributed by atoms with Gasteiger partial charge in [-0.15, -0.1) is 0 Å². The van der Waals surface area contributed by atoms with E-state index in [0.717, 1.165) is 12.1 Å². The highest BCUT2D eigenvalue weighted by Crippen LogP contribution is 2.22. The smallest absolute Gasteiger partial charge is 0.354 e. The second-order valence-electron chi connectivity index (χ2n) is 3.67. The highest BCUT2D eigenvalue weighted by Gasteiger charge is 2.21. The fraction of sp³-hybridized carbons (Fsp3) is 0.182. The van der Waals surface area contributed by atoms with Crippen LogP contribution in [0.5, 0.6) is 0 Å². The molecule has 0 aliphatic heterocycles. The maximum absolute atomic E-state index is 11.0. The van der Waals surface area contributed by atoms with Crippen LogP contribution in [0, 0.1) is 10.1 Å². The van der Waals surface area contributed by atoms with Gasteiger partial charge in [0, 0.05) is 24.9 Å². The van der Waals surface area contributed by atoms with Gasteiger partial charge in [0.25, 0.3) is 0 Å². The van der Waals surface area contributed by atoms with Crippen LogP contribution in [0.3, 0.4) is 0 Å². The Kier molecular flexibility index (Phi) is 3.23. The van der Waals surface area contributed by atoms with Crippen LogP contribution in [-0.2, 0) is 6.42 Å². The van der Waals surface area contributed by atoms with Gasteiger partial charge in [-0.05, 0) is 6.07 Å². The van der Waals surface area contributed by atoms with E-state index in [-0.39, 0.29) is 17.2 Å². The number of imidazole rings is 1. The van der Waals surface area contributed by atoms with E-state index in [2.05, 4.69) is 9.97 Å². The molecule has 2 aromatic heterocycles. The average molecular weight is 262 g/mol. The summed E-state index contributed by atoms with van der Waals surface area (Å²) in [6.45, 7) is 1.84. The first-order chi connectivity index (χ1) is 9.04. The van der Waals surface area contributed by atoms with Gasteiger partial charge in [0.15, 0.2) is 5.69 Å². The second-order valence-corrected chi connectivity index (χ2v) is 3.67. The molecule has 0 unspecified atom stereocenters. The summed E-state index contributed by atoms with van der Waals surface area (Å²) >= 11 is 0. The number of aromatic nitrogens is 3. The molecule has 2 heterocycles. The first kappa shape index (κ1) is 12.7. The lowest BCUT2D eigenvalue weighted by Gasteiger charge is -2.06. The molecule has 2 aromatic rings. The zero-order valence-electron chi connectivity index (χ0n) is 9.98. The first-order valence-electron chi connectivity index (χ1n) is 5.46. The van der Waals surface area contributed by atoms with Crippen molar-refractivity contribution in [2.24, 2.45) is 0 Å². The fourth-order valence-corrected chi connectivity index (χ4v) is 1.67. The van der Waals surface area contributed by atoms with Gasteiger partial charge in [0.05, 0.1) is 4.92 Å². The average Bonchev–Trinajstić information content (AvgIpc) is 2.85. The number of pyridine rings is 1. The Balaban J connectivity index is 2.68. The van der Waals surface area contributed by atoms with E-state index in [1.807, 2.05) is 6.92 Å². The van der Waals surface area contributed by atoms with Crippen molar-refractivity contribution in [3.63, 3.8) is 0 Å². The van der Waals surface area contributed by atoms with Gasteiger partial charge >= 0.3 is 11.7 Å². The van der Waals surface area contributed by atoms with Gasteiger partial charge in [0.2, 0.25) is 5.82 Å². The lowest BCUT2D eigenvalue weighted by atomic mass is 10.3. The summed E-state index contributed by atoms with van der Waals surface area (Å²) in [5.74, 6) is -0.716. The minimum absolute atomic E-state index is 0.0424. The van der Waals surface area contributed by atoms with Gasteiger partial charge in [-0.2, -0.15) is 0 Å². The molecule has 0 saturated heterocycles. The predicted octanol–water partition coefficient (Wildman–Crippen LogP) is 1.44. The third kappa shape index (κ3) is 2.28. The summed E-state index contributed by atoms with van der Waals surface area (Å²) in [6, 6.07) is 2.23. The Labute approximate surface area is 107 Å². The molecule has 8 heteroatoms. The Morgan fingerprint density at radius 3 is 2.84 bits per heavy atom. The molecular formula is C11H10N4O4. The van der Waals surface area contributed by atoms with Crippen molar-refractivity contribution in [1.29, 1.82) is 0 Å². The van der Waals surface area contributed by atoms with E-state index < -0.39 is 10.9 Å². The van der Waals surface area contributed by atoms with Crippen molar-refractivity contribution in [2.45, 2.75) is 13.3 Å². The van der Waals surface area contributed by atoms with E-state index in [1.54, 1.807) is 0 Å². The summed E-state index contributed by atoms with van der Waals surface area (Å²) in [5.41, 5.74) is -0.519. The Morgan fingerprint density at radius 2 is 2.26 bits per heavy atom. The molecule has 2 rings (SSSR count). The maximum Gasteiger partial charge on any atom is 0.354 e. The molecule has 8 nitrogen and oxygen atoms in total. The van der Waals surface area contributed by atoms with Crippen LogP contribution in [0.25, 0.3) is 5.82 Å². The van der Waals surface area contributed by atoms with E-state index in [9.17, 15) is 14.9 Å². The number of hydrogen-bond donors (Lipinski definition) is 1. The van der Waals surface area contributed by atoms with Crippen LogP contribution in [0.4, 0.5) is 5.69 Å². The van der Waals surface area contributed by atoms with Crippen LogP contribution in [0.15, 0.2) is 24.5 Å². The van der Waals surface area contributed by atoms with Crippen LogP contribution >= 0.6 is 0 Å². The van der Waals surface area contributed by atoms with Gasteiger partial charge in [-0.3, -0.25) is 14.7 Å². The van der Waals surface area contributed by atoms with E-state index in [1.165, 1.54) is 17.0 Å². The molecule has 98 valence electrons. The number of nitrogens with zero attached hydrogens (tertiary/aromatic N) is 4. The zero-order valence-corrected chi connectivity index (χ0v) is 9.98. The van der Waals surface area contributed by atoms with Gasteiger partial charge in [0.1, 0.15) is 5.82 Å². The molecule has 1 N–H and O–H groups in total. The molecule has 0 aliphatic carbocycles. The molecule has 0 aromatic carbocycles. The summed E-state index contributed by atoms with van der Waals surface area (Å²) in [4.78, 5) is 29.1. The number of aryl methyl sites for hydroxylation is 1. The van der Waals surface area contributed by atoms with E-state index in [4.69, 9.17) is 5.11 Å². The summed E-state index contributed by atoms with van der Waals surface area (Å²) < 4.78 is 1.42. The predicted molar refractivity (Wildman–Crippen MR) is 64.4 cm³/mol. The summed E-state index contributed by atoms with van der Waals surface area (Å²) in [7, 11) is 0. The third-order valence-electron chi connectivity index (χ3n) is 2.53. The van der Waals surface area contributed by atoms with Crippen molar-refractivity contribution in [1.82, 2.24) is 14.5 Å². The molecular weight excluding hydrogens is 252 g/mol. The largest absolute Gasteiger partial charge is 0.477 e. The number of carboxylic acids is 1. The van der Waals surface area contributed by atoms with Crippen molar-refractivity contribution in [3.8, 4) is 5.82 Å². The Morgan fingerprint density at radius 1 is 1.53 bits per heavy atom. The van der Waals surface area contributed by atoms with E-state index in [0.29, 0.717) is 12.2 Å². The molecule has 0 bridgehead atoms. The summed E-state index contributed by atoms with van der Waals surface area (Å²) in [5, 5.41) is 19.9. The number of hydrogen-bond acceptors (Lipinski definition) is 5. The highest BCUT2D eigenvalue weighted by atomic mass is 16.6. The van der Waals surface area contributed by atoms with Crippen molar-refractivity contribution in [3.05, 3.63) is 46.2 Å². The quantitative estimate of drug-likeness (QED) is 0.659. The van der Waals surface area contributed by atoms with Crippen LogP contribution in [0.2, 0.25) is 0 Å². The lowest BCUT2D eigenvalue weighted by molar-refractivity contribution is -0.384. The topological polar surface area (TPSA) is 111 Å². The highest BCUT2D eigenvalue weighted by molar-refractivity contribution is 5.86. The Bertz CT molecular complexity index is 650. The number of nitro groups is 1. The Hall–Kier alpha value is -2.77. The molecule has 0 radical (unpaired) electrons. The molecule has 0 spiro atoms. The molecule has 0 amide bonds. The molecule has 0 aliphatic rings. The number of aromatic carboxylic acids is 1. The van der Waals surface area contributed by atoms with Crippen molar-refractivity contribution >= 4 is 11.7 Å². The normalized spacial score (nSPS) is 10.4. The molecule has 0 fully saturated rings. The van der Waals surface area contributed by atoms with Crippen molar-refractivity contribution in [2.75, 3.05) is 0 Å². The van der Waals surface area contributed by atoms with Gasteiger partial charge in [-0.25, -0.2) is 14.8 Å². The van der Waals surface area contributed by atoms with E-state index >= 15 is 0 Å². The SMILES string of the molecule is CCc1nccn1-c1nc(C(=O)O)ccc1[N+](=O)[O-]. The minimum atomic E-state index is -1.24. The second kappa shape index (κ2) is 4.84. The number of carboxylic acid groups (broad SMARTS) is 1. The molecule has 0 atom stereocenters.